The largest absolute Gasteiger partial charge is 0.381 e. The predicted octanol–water partition coefficient (Wildman–Crippen LogP) is 4.16. The van der Waals surface area contributed by atoms with Gasteiger partial charge in [-0.3, -0.25) is 0 Å². The molecule has 3 rings (SSSR count). The second kappa shape index (κ2) is 6.38. The van der Waals surface area contributed by atoms with Gasteiger partial charge in [-0.25, -0.2) is 9.37 Å². The van der Waals surface area contributed by atoms with E-state index in [2.05, 4.69) is 16.5 Å². The SMILES string of the molecule is CC(C1CCOC1)n1c(CCCl)nc2cc(I)c(F)cc21. The Kier molecular flexibility index (Phi) is 4.71. The fourth-order valence-corrected chi connectivity index (χ4v) is 3.62. The van der Waals surface area contributed by atoms with Gasteiger partial charge in [0, 0.05) is 36.9 Å². The lowest BCUT2D eigenvalue weighted by Crippen LogP contribution is -2.19. The summed E-state index contributed by atoms with van der Waals surface area (Å²) in [6, 6.07) is 3.63. The molecule has 2 unspecified atom stereocenters. The summed E-state index contributed by atoms with van der Waals surface area (Å²) in [5, 5.41) is 0. The standard InChI is InChI=1S/C15H17ClFIN2O/c1-9(10-3-5-21-8-10)20-14-6-11(17)12(18)7-13(14)19-15(20)2-4-16/h6-7,9-10H,2-5,8H2,1H3. The molecular weight excluding hydrogens is 406 g/mol. The van der Waals surface area contributed by atoms with Crippen molar-refractivity contribution in [1.29, 1.82) is 0 Å². The highest BCUT2D eigenvalue weighted by molar-refractivity contribution is 14.1. The van der Waals surface area contributed by atoms with Crippen molar-refractivity contribution in [2.24, 2.45) is 5.92 Å². The summed E-state index contributed by atoms with van der Waals surface area (Å²) in [5.41, 5.74) is 1.69. The number of fused-ring (bicyclic) bond motifs is 1. The van der Waals surface area contributed by atoms with E-state index in [1.165, 1.54) is 0 Å². The van der Waals surface area contributed by atoms with Crippen LogP contribution in [-0.4, -0.2) is 28.6 Å². The fraction of sp³-hybridized carbons (Fsp3) is 0.533. The molecule has 1 aromatic heterocycles. The molecule has 21 heavy (non-hydrogen) atoms. The molecule has 2 atom stereocenters. The van der Waals surface area contributed by atoms with Crippen LogP contribution in [0.25, 0.3) is 11.0 Å². The number of rotatable bonds is 4. The molecule has 0 spiro atoms. The summed E-state index contributed by atoms with van der Waals surface area (Å²) >= 11 is 7.91. The van der Waals surface area contributed by atoms with Crippen molar-refractivity contribution in [3.8, 4) is 0 Å². The van der Waals surface area contributed by atoms with Gasteiger partial charge in [0.15, 0.2) is 0 Å². The molecule has 0 N–H and O–H groups in total. The zero-order chi connectivity index (χ0) is 15.0. The first-order valence-corrected chi connectivity index (χ1v) is 8.72. The van der Waals surface area contributed by atoms with Crippen LogP contribution in [-0.2, 0) is 11.2 Å². The average Bonchev–Trinajstić information content (AvgIpc) is 3.07. The van der Waals surface area contributed by atoms with Crippen LogP contribution in [0, 0.1) is 15.3 Å². The number of alkyl halides is 1. The molecule has 1 fully saturated rings. The summed E-state index contributed by atoms with van der Waals surface area (Å²) in [7, 11) is 0. The van der Waals surface area contributed by atoms with Gasteiger partial charge in [0.25, 0.3) is 0 Å². The van der Waals surface area contributed by atoms with E-state index in [-0.39, 0.29) is 11.9 Å². The van der Waals surface area contributed by atoms with Crippen molar-refractivity contribution in [1.82, 2.24) is 9.55 Å². The van der Waals surface area contributed by atoms with Crippen LogP contribution in [0.2, 0.25) is 0 Å². The van der Waals surface area contributed by atoms with Gasteiger partial charge < -0.3 is 9.30 Å². The molecule has 0 amide bonds. The van der Waals surface area contributed by atoms with Crippen LogP contribution < -0.4 is 0 Å². The average molecular weight is 423 g/mol. The van der Waals surface area contributed by atoms with E-state index < -0.39 is 0 Å². The lowest BCUT2D eigenvalue weighted by Gasteiger charge is -2.22. The van der Waals surface area contributed by atoms with Gasteiger partial charge >= 0.3 is 0 Å². The molecular formula is C15H17ClFIN2O. The first-order chi connectivity index (χ1) is 10.1. The molecule has 114 valence electrons. The number of nitrogens with zero attached hydrogens (tertiary/aromatic N) is 2. The topological polar surface area (TPSA) is 27.1 Å². The lowest BCUT2D eigenvalue weighted by molar-refractivity contribution is 0.175. The Hall–Kier alpha value is -0.400. The van der Waals surface area contributed by atoms with Gasteiger partial charge in [-0.15, -0.1) is 11.6 Å². The van der Waals surface area contributed by atoms with Crippen molar-refractivity contribution in [2.45, 2.75) is 25.8 Å². The first kappa shape index (κ1) is 15.5. The Bertz CT molecular complexity index is 655. The second-order valence-corrected chi connectivity index (χ2v) is 7.00. The van der Waals surface area contributed by atoms with Gasteiger partial charge in [0.05, 0.1) is 21.2 Å². The molecule has 1 aromatic carbocycles. The summed E-state index contributed by atoms with van der Waals surface area (Å²) in [6.07, 6.45) is 1.72. The number of imidazole rings is 1. The van der Waals surface area contributed by atoms with Crippen LogP contribution in [0.4, 0.5) is 4.39 Å². The molecule has 2 heterocycles. The molecule has 1 aliphatic rings. The summed E-state index contributed by atoms with van der Waals surface area (Å²) in [5.74, 6) is 1.69. The normalized spacial score (nSPS) is 20.3. The molecule has 1 aliphatic heterocycles. The molecule has 6 heteroatoms. The van der Waals surface area contributed by atoms with E-state index >= 15 is 0 Å². The number of aryl methyl sites for hydroxylation is 1. The maximum absolute atomic E-state index is 14.0. The molecule has 0 aliphatic carbocycles. The van der Waals surface area contributed by atoms with Crippen molar-refractivity contribution in [3.05, 3.63) is 27.3 Å². The van der Waals surface area contributed by atoms with Gasteiger partial charge in [-0.1, -0.05) is 0 Å². The second-order valence-electron chi connectivity index (χ2n) is 5.46. The van der Waals surface area contributed by atoms with E-state index in [0.29, 0.717) is 21.8 Å². The van der Waals surface area contributed by atoms with E-state index in [1.54, 1.807) is 12.1 Å². The van der Waals surface area contributed by atoms with Crippen LogP contribution in [0.5, 0.6) is 0 Å². The Morgan fingerprint density at radius 1 is 1.57 bits per heavy atom. The van der Waals surface area contributed by atoms with Gasteiger partial charge in [0.2, 0.25) is 0 Å². The lowest BCUT2D eigenvalue weighted by atomic mass is 10.00. The number of ether oxygens (including phenoxy) is 1. The number of benzene rings is 1. The van der Waals surface area contributed by atoms with Crippen molar-refractivity contribution in [3.63, 3.8) is 0 Å². The number of halogens is 3. The van der Waals surface area contributed by atoms with Crippen LogP contribution >= 0.6 is 34.2 Å². The third-order valence-electron chi connectivity index (χ3n) is 4.18. The number of hydrogen-bond acceptors (Lipinski definition) is 2. The monoisotopic (exact) mass is 422 g/mol. The highest BCUT2D eigenvalue weighted by Crippen LogP contribution is 2.32. The minimum absolute atomic E-state index is 0.198. The molecule has 1 saturated heterocycles. The van der Waals surface area contributed by atoms with Crippen LogP contribution in [0.1, 0.15) is 25.2 Å². The fourth-order valence-electron chi connectivity index (χ4n) is 3.00. The number of aromatic nitrogens is 2. The Morgan fingerprint density at radius 2 is 2.38 bits per heavy atom. The molecule has 0 radical (unpaired) electrons. The minimum atomic E-state index is -0.198. The summed E-state index contributed by atoms with van der Waals surface area (Å²) < 4.78 is 22.2. The molecule has 0 saturated carbocycles. The highest BCUT2D eigenvalue weighted by Gasteiger charge is 2.27. The smallest absolute Gasteiger partial charge is 0.138 e. The third-order valence-corrected chi connectivity index (χ3v) is 5.19. The Balaban J connectivity index is 2.12. The van der Waals surface area contributed by atoms with Crippen LogP contribution in [0.15, 0.2) is 12.1 Å². The predicted molar refractivity (Wildman–Crippen MR) is 90.5 cm³/mol. The molecule has 2 aromatic rings. The van der Waals surface area contributed by atoms with Gasteiger partial charge in [-0.05, 0) is 42.0 Å². The first-order valence-electron chi connectivity index (χ1n) is 7.11. The van der Waals surface area contributed by atoms with E-state index in [0.717, 1.165) is 36.5 Å². The Labute approximate surface area is 142 Å². The van der Waals surface area contributed by atoms with Crippen molar-refractivity contribution < 1.29 is 9.13 Å². The highest BCUT2D eigenvalue weighted by atomic mass is 127. The minimum Gasteiger partial charge on any atom is -0.381 e. The quantitative estimate of drug-likeness (QED) is 0.546. The number of hydrogen-bond donors (Lipinski definition) is 0. The molecule has 0 bridgehead atoms. The van der Waals surface area contributed by atoms with E-state index in [4.69, 9.17) is 16.3 Å². The summed E-state index contributed by atoms with van der Waals surface area (Å²) in [6.45, 7) is 3.72. The van der Waals surface area contributed by atoms with Crippen molar-refractivity contribution >= 4 is 45.2 Å². The third kappa shape index (κ3) is 2.92. The molecule has 3 nitrogen and oxygen atoms in total. The summed E-state index contributed by atoms with van der Waals surface area (Å²) in [4.78, 5) is 4.66. The maximum atomic E-state index is 14.0. The van der Waals surface area contributed by atoms with Gasteiger partial charge in [-0.2, -0.15) is 0 Å². The maximum Gasteiger partial charge on any atom is 0.138 e. The van der Waals surface area contributed by atoms with Gasteiger partial charge in [0.1, 0.15) is 11.6 Å². The zero-order valence-electron chi connectivity index (χ0n) is 11.8. The van der Waals surface area contributed by atoms with E-state index in [9.17, 15) is 4.39 Å². The Morgan fingerprint density at radius 3 is 3.05 bits per heavy atom. The van der Waals surface area contributed by atoms with E-state index in [1.807, 2.05) is 22.6 Å². The van der Waals surface area contributed by atoms with Crippen LogP contribution in [0.3, 0.4) is 0 Å². The van der Waals surface area contributed by atoms with Crippen molar-refractivity contribution in [2.75, 3.05) is 19.1 Å². The zero-order valence-corrected chi connectivity index (χ0v) is 14.7.